The van der Waals surface area contributed by atoms with Crippen LogP contribution < -0.4 is 0 Å². The first-order valence-corrected chi connectivity index (χ1v) is 5.08. The summed E-state index contributed by atoms with van der Waals surface area (Å²) in [5, 5.41) is 0. The van der Waals surface area contributed by atoms with Gasteiger partial charge in [-0.15, -0.1) is 0 Å². The minimum Gasteiger partial charge on any atom is -0.394 e. The van der Waals surface area contributed by atoms with Gasteiger partial charge < -0.3 is 8.85 Å². The molecule has 0 saturated carbocycles. The van der Waals surface area contributed by atoms with E-state index in [4.69, 9.17) is 0 Å². The van der Waals surface area contributed by atoms with Crippen LogP contribution in [0.5, 0.6) is 0 Å². The molecule has 0 bridgehead atoms. The molecule has 12 heavy (non-hydrogen) atoms. The molecule has 0 unspecified atom stereocenters. The molecule has 0 aromatic rings. The van der Waals surface area contributed by atoms with Crippen LogP contribution in [0.3, 0.4) is 0 Å². The Labute approximate surface area is 72.5 Å². The summed E-state index contributed by atoms with van der Waals surface area (Å²) in [5.41, 5.74) is 0. The lowest BCUT2D eigenvalue weighted by atomic mass is 10.6. The first-order chi connectivity index (χ1) is 5.43. The maximum absolute atomic E-state index is 11.5. The highest BCUT2D eigenvalue weighted by atomic mass is 28.3. The molecule has 0 radical (unpaired) electrons. The Morgan fingerprint density at radius 2 is 1.33 bits per heavy atom. The van der Waals surface area contributed by atoms with Crippen LogP contribution in [0.4, 0.5) is 13.2 Å². The van der Waals surface area contributed by atoms with Crippen molar-refractivity contribution in [1.82, 2.24) is 0 Å². The molecule has 0 heterocycles. The van der Waals surface area contributed by atoms with Gasteiger partial charge in [0.25, 0.3) is 0 Å². The smallest absolute Gasteiger partial charge is 0.394 e. The molecule has 0 atom stereocenters. The van der Waals surface area contributed by atoms with Crippen molar-refractivity contribution in [2.45, 2.75) is 26.1 Å². The lowest BCUT2D eigenvalue weighted by Crippen LogP contribution is -2.37. The number of hydrogen-bond acceptors (Lipinski definition) is 2. The topological polar surface area (TPSA) is 18.5 Å². The third kappa shape index (κ3) is 8.03. The van der Waals surface area contributed by atoms with E-state index in [0.717, 1.165) is 14.2 Å². The van der Waals surface area contributed by atoms with Gasteiger partial charge in [-0.3, -0.25) is 0 Å². The molecule has 6 heteroatoms. The van der Waals surface area contributed by atoms with Gasteiger partial charge >= 0.3 is 15.1 Å². The summed E-state index contributed by atoms with van der Waals surface area (Å²) in [4.78, 5) is 0. The second-order valence-electron chi connectivity index (χ2n) is 2.05. The predicted octanol–water partition coefficient (Wildman–Crippen LogP) is 2.02. The van der Waals surface area contributed by atoms with Crippen molar-refractivity contribution >= 4 is 9.28 Å². The van der Waals surface area contributed by atoms with Gasteiger partial charge in [-0.2, -0.15) is 13.2 Å². The van der Waals surface area contributed by atoms with Gasteiger partial charge in [-0.1, -0.05) is 20.3 Å². The second kappa shape index (κ2) is 7.57. The molecule has 76 valence electrons. The SMILES string of the molecule is CCC.CO[SiH](OC)C(F)(F)F. The Bertz CT molecular complexity index is 93.3. The highest BCUT2D eigenvalue weighted by molar-refractivity contribution is 6.46. The van der Waals surface area contributed by atoms with Crippen LogP contribution in [0, 0.1) is 0 Å². The standard InChI is InChI=1S/C3H7F3O2Si.C3H8/c1-7-9(8-2)3(4,5)6;1-3-2/h9H,1-2H3;3H2,1-2H3. The number of alkyl halides is 3. The Balaban J connectivity index is 0. The van der Waals surface area contributed by atoms with Crippen LogP contribution >= 0.6 is 0 Å². The van der Waals surface area contributed by atoms with Crippen LogP contribution in [0.15, 0.2) is 0 Å². The molecule has 0 aliphatic carbocycles. The monoisotopic (exact) mass is 204 g/mol. The van der Waals surface area contributed by atoms with Gasteiger partial charge in [-0.05, 0) is 0 Å². The fourth-order valence-electron chi connectivity index (χ4n) is 0.363. The summed E-state index contributed by atoms with van der Waals surface area (Å²) in [6.07, 6.45) is 1.25. The molecule has 0 spiro atoms. The van der Waals surface area contributed by atoms with E-state index in [1.54, 1.807) is 0 Å². The van der Waals surface area contributed by atoms with Gasteiger partial charge in [0.05, 0.1) is 0 Å². The quantitative estimate of drug-likeness (QED) is 0.641. The molecule has 0 fully saturated rings. The molecular formula is C6H15F3O2Si. The van der Waals surface area contributed by atoms with Gasteiger partial charge in [0.15, 0.2) is 0 Å². The first kappa shape index (κ1) is 14.5. The third-order valence-electron chi connectivity index (χ3n) is 0.695. The molecule has 0 saturated heterocycles. The van der Waals surface area contributed by atoms with E-state index in [0.29, 0.717) is 0 Å². The van der Waals surface area contributed by atoms with Crippen LogP contribution in [-0.2, 0) is 8.85 Å². The Hall–Kier alpha value is -0.0731. The zero-order valence-corrected chi connectivity index (χ0v) is 8.89. The molecule has 0 aromatic carbocycles. The van der Waals surface area contributed by atoms with Crippen LogP contribution in [-0.4, -0.2) is 29.3 Å². The van der Waals surface area contributed by atoms with Crippen molar-refractivity contribution in [2.75, 3.05) is 14.2 Å². The zero-order valence-electron chi connectivity index (χ0n) is 7.73. The van der Waals surface area contributed by atoms with Crippen molar-refractivity contribution < 1.29 is 22.0 Å². The van der Waals surface area contributed by atoms with E-state index >= 15 is 0 Å². The molecule has 0 aliphatic rings. The number of rotatable bonds is 2. The summed E-state index contributed by atoms with van der Waals surface area (Å²) in [6.45, 7) is 4.25. The third-order valence-corrected chi connectivity index (χ3v) is 2.09. The van der Waals surface area contributed by atoms with Gasteiger partial charge in [0.1, 0.15) is 0 Å². The van der Waals surface area contributed by atoms with E-state index < -0.39 is 15.1 Å². The minimum absolute atomic E-state index is 0.994. The van der Waals surface area contributed by atoms with Gasteiger partial charge in [-0.25, -0.2) is 0 Å². The largest absolute Gasteiger partial charge is 0.442 e. The maximum Gasteiger partial charge on any atom is 0.442 e. The summed E-state index contributed by atoms with van der Waals surface area (Å²) in [7, 11) is -1.39. The summed E-state index contributed by atoms with van der Waals surface area (Å²) in [6, 6.07) is 0. The van der Waals surface area contributed by atoms with Crippen molar-refractivity contribution in [3.8, 4) is 0 Å². The lowest BCUT2D eigenvalue weighted by molar-refractivity contribution is -0.0818. The Morgan fingerprint density at radius 3 is 1.33 bits per heavy atom. The van der Waals surface area contributed by atoms with Crippen molar-refractivity contribution in [3.05, 3.63) is 0 Å². The fourth-order valence-corrected chi connectivity index (χ4v) is 1.09. The zero-order chi connectivity index (χ0) is 10.2. The molecule has 0 aromatic heterocycles. The molecular weight excluding hydrogens is 189 g/mol. The van der Waals surface area contributed by atoms with E-state index in [1.807, 2.05) is 0 Å². The molecule has 0 aliphatic heterocycles. The minimum atomic E-state index is -4.29. The highest BCUT2D eigenvalue weighted by Crippen LogP contribution is 2.18. The average molecular weight is 204 g/mol. The number of halogens is 3. The number of hydrogen-bond donors (Lipinski definition) is 0. The normalized spacial score (nSPS) is 11.0. The Morgan fingerprint density at radius 1 is 1.08 bits per heavy atom. The summed E-state index contributed by atoms with van der Waals surface area (Å²) < 4.78 is 42.7. The van der Waals surface area contributed by atoms with E-state index in [-0.39, 0.29) is 0 Å². The molecule has 2 nitrogen and oxygen atoms in total. The average Bonchev–Trinajstić information content (AvgIpc) is 1.88. The van der Waals surface area contributed by atoms with Crippen molar-refractivity contribution in [1.29, 1.82) is 0 Å². The predicted molar refractivity (Wildman–Crippen MR) is 43.2 cm³/mol. The summed E-state index contributed by atoms with van der Waals surface area (Å²) in [5.74, 6) is -4.29. The Kier molecular flexibility index (Phi) is 9.12. The van der Waals surface area contributed by atoms with E-state index in [9.17, 15) is 13.2 Å². The molecule has 0 rings (SSSR count). The molecule has 0 N–H and O–H groups in total. The highest BCUT2D eigenvalue weighted by Gasteiger charge is 2.43. The van der Waals surface area contributed by atoms with Crippen molar-refractivity contribution in [3.63, 3.8) is 0 Å². The second-order valence-corrected chi connectivity index (χ2v) is 4.31. The molecule has 0 amide bonds. The van der Waals surface area contributed by atoms with E-state index in [2.05, 4.69) is 22.7 Å². The first-order valence-electron chi connectivity index (χ1n) is 3.56. The maximum atomic E-state index is 11.5. The van der Waals surface area contributed by atoms with Crippen LogP contribution in [0.1, 0.15) is 20.3 Å². The summed E-state index contributed by atoms with van der Waals surface area (Å²) >= 11 is 0. The van der Waals surface area contributed by atoms with E-state index in [1.165, 1.54) is 6.42 Å². The van der Waals surface area contributed by atoms with Crippen LogP contribution in [0.25, 0.3) is 0 Å². The lowest BCUT2D eigenvalue weighted by Gasteiger charge is -2.13. The van der Waals surface area contributed by atoms with Gasteiger partial charge in [0.2, 0.25) is 0 Å². The van der Waals surface area contributed by atoms with Gasteiger partial charge in [0, 0.05) is 14.2 Å². The van der Waals surface area contributed by atoms with Crippen LogP contribution in [0.2, 0.25) is 0 Å². The fraction of sp³-hybridized carbons (Fsp3) is 1.00. The van der Waals surface area contributed by atoms with Crippen molar-refractivity contribution in [2.24, 2.45) is 0 Å².